The van der Waals surface area contributed by atoms with Crippen LogP contribution in [0.4, 0.5) is 0 Å². The van der Waals surface area contributed by atoms with Crippen LogP contribution in [0.1, 0.15) is 18.0 Å². The third-order valence-electron chi connectivity index (χ3n) is 2.54. The highest BCUT2D eigenvalue weighted by Gasteiger charge is 2.19. The molecule has 0 aliphatic rings. The monoisotopic (exact) mass is 259 g/mol. The van der Waals surface area contributed by atoms with Crippen LogP contribution in [0.25, 0.3) is 0 Å². The minimum absolute atomic E-state index is 0.219. The van der Waals surface area contributed by atoms with Gasteiger partial charge >= 0.3 is 0 Å². The van der Waals surface area contributed by atoms with Gasteiger partial charge in [0.2, 0.25) is 0 Å². The zero-order valence-corrected chi connectivity index (χ0v) is 11.1. The van der Waals surface area contributed by atoms with Gasteiger partial charge in [0.25, 0.3) is 0 Å². The molecule has 0 radical (unpaired) electrons. The van der Waals surface area contributed by atoms with Crippen molar-refractivity contribution in [2.45, 2.75) is 12.5 Å². The van der Waals surface area contributed by atoms with Crippen molar-refractivity contribution in [1.29, 1.82) is 0 Å². The van der Waals surface area contributed by atoms with Gasteiger partial charge in [-0.15, -0.1) is 11.6 Å². The number of rotatable bonds is 6. The molecule has 96 valence electrons. The summed E-state index contributed by atoms with van der Waals surface area (Å²) in [6.07, 6.45) is 0.653. The molecule has 0 amide bonds. The molecule has 0 bridgehead atoms. The van der Waals surface area contributed by atoms with Crippen molar-refractivity contribution in [3.8, 4) is 17.2 Å². The first-order valence-corrected chi connectivity index (χ1v) is 5.82. The molecular weight excluding hydrogens is 242 g/mol. The number of methoxy groups -OCH3 is 3. The van der Waals surface area contributed by atoms with E-state index in [1.54, 1.807) is 33.5 Å². The van der Waals surface area contributed by atoms with Gasteiger partial charge in [0.05, 0.1) is 26.9 Å². The number of nitrogens with two attached hydrogens (primary N) is 1. The summed E-state index contributed by atoms with van der Waals surface area (Å²) >= 11 is 5.71. The summed E-state index contributed by atoms with van der Waals surface area (Å²) in [4.78, 5) is 0. The molecule has 1 rings (SSSR count). The number of halogens is 1. The van der Waals surface area contributed by atoms with Crippen LogP contribution >= 0.6 is 11.6 Å². The van der Waals surface area contributed by atoms with Crippen LogP contribution < -0.4 is 19.9 Å². The molecule has 17 heavy (non-hydrogen) atoms. The average Bonchev–Trinajstić information content (AvgIpc) is 2.37. The van der Waals surface area contributed by atoms with Crippen molar-refractivity contribution in [2.24, 2.45) is 5.73 Å². The maximum atomic E-state index is 6.06. The van der Waals surface area contributed by atoms with E-state index in [-0.39, 0.29) is 6.04 Å². The number of alkyl halides is 1. The maximum Gasteiger partial charge on any atom is 0.131 e. The average molecular weight is 260 g/mol. The van der Waals surface area contributed by atoms with E-state index in [1.807, 2.05) is 0 Å². The van der Waals surface area contributed by atoms with E-state index in [4.69, 9.17) is 31.5 Å². The summed E-state index contributed by atoms with van der Waals surface area (Å²) < 4.78 is 15.8. The van der Waals surface area contributed by atoms with Gasteiger partial charge in [0, 0.05) is 24.1 Å². The largest absolute Gasteiger partial charge is 0.496 e. The minimum Gasteiger partial charge on any atom is -0.496 e. The lowest BCUT2D eigenvalue weighted by Crippen LogP contribution is -2.13. The van der Waals surface area contributed by atoms with Gasteiger partial charge in [-0.3, -0.25) is 0 Å². The summed E-state index contributed by atoms with van der Waals surface area (Å²) in [7, 11) is 4.77. The molecule has 0 fully saturated rings. The summed E-state index contributed by atoms with van der Waals surface area (Å²) in [5, 5.41) is 0. The summed E-state index contributed by atoms with van der Waals surface area (Å²) in [5.74, 6) is 2.46. The molecule has 1 aromatic carbocycles. The molecule has 0 aromatic heterocycles. The normalized spacial score (nSPS) is 12.1. The van der Waals surface area contributed by atoms with Gasteiger partial charge in [-0.25, -0.2) is 0 Å². The Balaban J connectivity index is 3.23. The molecule has 1 aromatic rings. The summed E-state index contributed by atoms with van der Waals surface area (Å²) in [6, 6.07) is 3.35. The SMILES string of the molecule is COc1cc(OC)c(C(N)CCCl)c(OC)c1. The third-order valence-corrected chi connectivity index (χ3v) is 2.76. The smallest absolute Gasteiger partial charge is 0.131 e. The van der Waals surface area contributed by atoms with Crippen molar-refractivity contribution < 1.29 is 14.2 Å². The minimum atomic E-state index is -0.219. The van der Waals surface area contributed by atoms with E-state index in [2.05, 4.69) is 0 Å². The molecule has 1 unspecified atom stereocenters. The van der Waals surface area contributed by atoms with Gasteiger partial charge in [-0.2, -0.15) is 0 Å². The molecule has 4 nitrogen and oxygen atoms in total. The van der Waals surface area contributed by atoms with Gasteiger partial charge in [-0.1, -0.05) is 0 Å². The summed E-state index contributed by atoms with van der Waals surface area (Å²) in [6.45, 7) is 0. The van der Waals surface area contributed by atoms with Crippen molar-refractivity contribution in [1.82, 2.24) is 0 Å². The number of benzene rings is 1. The Morgan fingerprint density at radius 3 is 2.00 bits per heavy atom. The van der Waals surface area contributed by atoms with E-state index in [1.165, 1.54) is 0 Å². The molecular formula is C12H18ClNO3. The van der Waals surface area contributed by atoms with E-state index >= 15 is 0 Å². The van der Waals surface area contributed by atoms with Crippen molar-refractivity contribution >= 4 is 11.6 Å². The molecule has 1 atom stereocenters. The fourth-order valence-corrected chi connectivity index (χ4v) is 1.90. The van der Waals surface area contributed by atoms with Crippen LogP contribution in [-0.2, 0) is 0 Å². The Kier molecular flexibility index (Phi) is 5.38. The Hall–Kier alpha value is -1.13. The van der Waals surface area contributed by atoms with Gasteiger partial charge in [0.1, 0.15) is 17.2 Å². The van der Waals surface area contributed by atoms with Gasteiger partial charge in [-0.05, 0) is 6.42 Å². The molecule has 0 saturated heterocycles. The van der Waals surface area contributed by atoms with Crippen LogP contribution in [0, 0.1) is 0 Å². The predicted octanol–water partition coefficient (Wildman–Crippen LogP) is 2.34. The first kappa shape index (κ1) is 13.9. The van der Waals surface area contributed by atoms with Crippen molar-refractivity contribution in [3.05, 3.63) is 17.7 Å². The second-order valence-electron chi connectivity index (χ2n) is 3.53. The highest BCUT2D eigenvalue weighted by atomic mass is 35.5. The Labute approximate surface area is 107 Å². The quantitative estimate of drug-likeness (QED) is 0.797. The van der Waals surface area contributed by atoms with Crippen LogP contribution in [0.15, 0.2) is 12.1 Å². The van der Waals surface area contributed by atoms with Crippen molar-refractivity contribution in [2.75, 3.05) is 27.2 Å². The van der Waals surface area contributed by atoms with Crippen LogP contribution in [0.5, 0.6) is 17.2 Å². The number of ether oxygens (including phenoxy) is 3. The fourth-order valence-electron chi connectivity index (χ4n) is 1.66. The molecule has 0 aliphatic heterocycles. The maximum absolute atomic E-state index is 6.06. The van der Waals surface area contributed by atoms with Gasteiger partial charge < -0.3 is 19.9 Å². The number of hydrogen-bond acceptors (Lipinski definition) is 4. The standard InChI is InChI=1S/C12H18ClNO3/c1-15-8-6-10(16-2)12(9(14)4-5-13)11(7-8)17-3/h6-7,9H,4-5,14H2,1-3H3. The van der Waals surface area contributed by atoms with E-state index < -0.39 is 0 Å². The predicted molar refractivity (Wildman–Crippen MR) is 68.4 cm³/mol. The second kappa shape index (κ2) is 6.57. The fraction of sp³-hybridized carbons (Fsp3) is 0.500. The van der Waals surface area contributed by atoms with E-state index in [0.29, 0.717) is 29.5 Å². The second-order valence-corrected chi connectivity index (χ2v) is 3.91. The lowest BCUT2D eigenvalue weighted by molar-refractivity contribution is 0.363. The highest BCUT2D eigenvalue weighted by Crippen LogP contribution is 2.38. The van der Waals surface area contributed by atoms with Crippen LogP contribution in [0.3, 0.4) is 0 Å². The highest BCUT2D eigenvalue weighted by molar-refractivity contribution is 6.17. The molecule has 5 heteroatoms. The van der Waals surface area contributed by atoms with Crippen molar-refractivity contribution in [3.63, 3.8) is 0 Å². The topological polar surface area (TPSA) is 53.7 Å². The van der Waals surface area contributed by atoms with Gasteiger partial charge in [0.15, 0.2) is 0 Å². The van der Waals surface area contributed by atoms with E-state index in [0.717, 1.165) is 5.56 Å². The number of hydrogen-bond donors (Lipinski definition) is 1. The molecule has 2 N–H and O–H groups in total. The lowest BCUT2D eigenvalue weighted by atomic mass is 10.0. The Morgan fingerprint density at radius 2 is 1.65 bits per heavy atom. The molecule has 0 heterocycles. The first-order chi connectivity index (χ1) is 8.17. The van der Waals surface area contributed by atoms with Crippen LogP contribution in [0.2, 0.25) is 0 Å². The molecule has 0 saturated carbocycles. The zero-order chi connectivity index (χ0) is 12.8. The lowest BCUT2D eigenvalue weighted by Gasteiger charge is -2.19. The first-order valence-electron chi connectivity index (χ1n) is 5.29. The third kappa shape index (κ3) is 3.17. The Morgan fingerprint density at radius 1 is 1.12 bits per heavy atom. The van der Waals surface area contributed by atoms with Crippen LogP contribution in [-0.4, -0.2) is 27.2 Å². The zero-order valence-electron chi connectivity index (χ0n) is 10.3. The van der Waals surface area contributed by atoms with E-state index in [9.17, 15) is 0 Å². The molecule has 0 spiro atoms. The molecule has 0 aliphatic carbocycles. The summed E-state index contributed by atoms with van der Waals surface area (Å²) in [5.41, 5.74) is 6.88. The Bertz CT molecular complexity index is 346.